The fourth-order valence-electron chi connectivity index (χ4n) is 3.71. The summed E-state index contributed by atoms with van der Waals surface area (Å²) in [6.07, 6.45) is 0.924. The second kappa shape index (κ2) is 10.7. The normalized spacial score (nSPS) is 14.7. The predicted octanol–water partition coefficient (Wildman–Crippen LogP) is 4.72. The summed E-state index contributed by atoms with van der Waals surface area (Å²) < 4.78 is 17.3. The van der Waals surface area contributed by atoms with Crippen LogP contribution in [0.3, 0.4) is 0 Å². The molecule has 0 radical (unpaired) electrons. The molecule has 0 saturated carbocycles. The van der Waals surface area contributed by atoms with Crippen molar-refractivity contribution in [1.82, 2.24) is 5.32 Å². The molecule has 0 aromatic heterocycles. The second-order valence-corrected chi connectivity index (χ2v) is 7.53. The van der Waals surface area contributed by atoms with E-state index in [1.165, 1.54) is 5.56 Å². The number of ether oxygens (including phenoxy) is 3. The summed E-state index contributed by atoms with van der Waals surface area (Å²) in [6, 6.07) is 23.5. The summed E-state index contributed by atoms with van der Waals surface area (Å²) in [5.41, 5.74) is 3.01. The van der Waals surface area contributed by atoms with E-state index < -0.39 is 0 Å². The van der Waals surface area contributed by atoms with Gasteiger partial charge in [-0.25, -0.2) is 0 Å². The first-order chi connectivity index (χ1) is 15.7. The van der Waals surface area contributed by atoms with Crippen LogP contribution in [0, 0.1) is 0 Å². The molecule has 0 fully saturated rings. The van der Waals surface area contributed by atoms with E-state index in [2.05, 4.69) is 16.7 Å². The first-order valence-corrected chi connectivity index (χ1v) is 10.9. The number of benzene rings is 3. The van der Waals surface area contributed by atoms with Gasteiger partial charge in [-0.3, -0.25) is 4.79 Å². The number of nitrogens with one attached hydrogen (secondary N) is 2. The third-order valence-electron chi connectivity index (χ3n) is 5.24. The quantitative estimate of drug-likeness (QED) is 0.512. The Bertz CT molecular complexity index is 1040. The molecule has 1 aliphatic rings. The molecule has 2 N–H and O–H groups in total. The summed E-state index contributed by atoms with van der Waals surface area (Å²) in [7, 11) is 0. The highest BCUT2D eigenvalue weighted by molar-refractivity contribution is 5.91. The summed E-state index contributed by atoms with van der Waals surface area (Å²) in [6.45, 7) is 3.74. The van der Waals surface area contributed by atoms with Gasteiger partial charge in [0.25, 0.3) is 5.91 Å². The van der Waals surface area contributed by atoms with E-state index in [1.807, 2.05) is 73.7 Å². The molecule has 6 heteroatoms. The first kappa shape index (κ1) is 21.7. The molecule has 3 aromatic carbocycles. The molecule has 6 nitrogen and oxygen atoms in total. The van der Waals surface area contributed by atoms with Crippen molar-refractivity contribution in [2.24, 2.45) is 0 Å². The third kappa shape index (κ3) is 5.59. The summed E-state index contributed by atoms with van der Waals surface area (Å²) in [5.74, 6) is 1.91. The topological polar surface area (TPSA) is 68.8 Å². The summed E-state index contributed by atoms with van der Waals surface area (Å²) >= 11 is 0. The van der Waals surface area contributed by atoms with Gasteiger partial charge >= 0.3 is 0 Å². The van der Waals surface area contributed by atoms with Crippen molar-refractivity contribution < 1.29 is 19.0 Å². The van der Waals surface area contributed by atoms with Gasteiger partial charge in [-0.1, -0.05) is 42.5 Å². The fourth-order valence-corrected chi connectivity index (χ4v) is 3.71. The number of para-hydroxylation sites is 2. The van der Waals surface area contributed by atoms with Crippen LogP contribution in [0.25, 0.3) is 0 Å². The molecule has 4 rings (SSSR count). The van der Waals surface area contributed by atoms with Crippen molar-refractivity contribution in [2.45, 2.75) is 25.9 Å². The number of rotatable bonds is 9. The van der Waals surface area contributed by atoms with Gasteiger partial charge in [-0.15, -0.1) is 0 Å². The maximum absolute atomic E-state index is 12.2. The Balaban J connectivity index is 1.37. The summed E-state index contributed by atoms with van der Waals surface area (Å²) in [5, 5.41) is 6.43. The molecule has 0 spiro atoms. The zero-order valence-corrected chi connectivity index (χ0v) is 18.2. The zero-order valence-electron chi connectivity index (χ0n) is 18.2. The van der Waals surface area contributed by atoms with Gasteiger partial charge in [-0.2, -0.15) is 0 Å². The lowest BCUT2D eigenvalue weighted by molar-refractivity contribution is -0.118. The number of carbonyl (C=O) groups excluding carboxylic acids is 1. The Kier molecular flexibility index (Phi) is 7.25. The molecular weight excluding hydrogens is 404 g/mol. The minimum atomic E-state index is -0.220. The van der Waals surface area contributed by atoms with Crippen molar-refractivity contribution in [1.29, 1.82) is 0 Å². The van der Waals surface area contributed by atoms with Crippen LogP contribution in [0.4, 0.5) is 5.69 Å². The van der Waals surface area contributed by atoms with Crippen LogP contribution in [0.1, 0.15) is 30.5 Å². The van der Waals surface area contributed by atoms with Gasteiger partial charge in [0.15, 0.2) is 18.1 Å². The highest BCUT2D eigenvalue weighted by Gasteiger charge is 2.20. The van der Waals surface area contributed by atoms with Crippen molar-refractivity contribution in [3.8, 4) is 17.2 Å². The molecule has 3 aromatic rings. The average Bonchev–Trinajstić information content (AvgIpc) is 2.83. The number of carbonyl (C=O) groups is 1. The standard InChI is InChI=1S/C26H28N2O4/c1-2-30-25-16-19(17-27-22-14-15-31-23-11-7-6-10-21(22)23)12-13-24(25)32-18-26(29)28-20-8-4-3-5-9-20/h3-13,16,22,27H,2,14-15,17-18H2,1H3,(H,28,29). The minimum Gasteiger partial charge on any atom is -0.493 e. The Morgan fingerprint density at radius 2 is 1.81 bits per heavy atom. The van der Waals surface area contributed by atoms with E-state index >= 15 is 0 Å². The molecule has 1 amide bonds. The van der Waals surface area contributed by atoms with Crippen LogP contribution in [-0.2, 0) is 11.3 Å². The van der Waals surface area contributed by atoms with E-state index in [9.17, 15) is 4.79 Å². The maximum atomic E-state index is 12.2. The van der Waals surface area contributed by atoms with Crippen LogP contribution >= 0.6 is 0 Å². The fraction of sp³-hybridized carbons (Fsp3) is 0.269. The summed E-state index contributed by atoms with van der Waals surface area (Å²) in [4.78, 5) is 12.2. The van der Waals surface area contributed by atoms with Crippen molar-refractivity contribution in [3.05, 3.63) is 83.9 Å². The highest BCUT2D eigenvalue weighted by atomic mass is 16.5. The number of hydrogen-bond donors (Lipinski definition) is 2. The lowest BCUT2D eigenvalue weighted by atomic mass is 10.0. The largest absolute Gasteiger partial charge is 0.493 e. The van der Waals surface area contributed by atoms with E-state index in [4.69, 9.17) is 14.2 Å². The minimum absolute atomic E-state index is 0.0918. The lowest BCUT2D eigenvalue weighted by Gasteiger charge is -2.27. The number of fused-ring (bicyclic) bond motifs is 1. The van der Waals surface area contributed by atoms with Crippen LogP contribution in [0.2, 0.25) is 0 Å². The van der Waals surface area contributed by atoms with Gasteiger partial charge in [0.05, 0.1) is 13.2 Å². The van der Waals surface area contributed by atoms with Gasteiger partial charge in [0, 0.05) is 30.3 Å². The molecule has 32 heavy (non-hydrogen) atoms. The van der Waals surface area contributed by atoms with Gasteiger partial charge < -0.3 is 24.8 Å². The third-order valence-corrected chi connectivity index (χ3v) is 5.24. The molecule has 1 unspecified atom stereocenters. The average molecular weight is 433 g/mol. The predicted molar refractivity (Wildman–Crippen MR) is 124 cm³/mol. The van der Waals surface area contributed by atoms with Crippen molar-refractivity contribution in [2.75, 3.05) is 25.1 Å². The van der Waals surface area contributed by atoms with E-state index in [-0.39, 0.29) is 18.6 Å². The number of hydrogen-bond acceptors (Lipinski definition) is 5. The smallest absolute Gasteiger partial charge is 0.262 e. The highest BCUT2D eigenvalue weighted by Crippen LogP contribution is 2.33. The van der Waals surface area contributed by atoms with Crippen LogP contribution in [0.15, 0.2) is 72.8 Å². The SMILES string of the molecule is CCOc1cc(CNC2CCOc3ccccc32)ccc1OCC(=O)Nc1ccccc1. The van der Waals surface area contributed by atoms with Gasteiger partial charge in [0.2, 0.25) is 0 Å². The molecular formula is C26H28N2O4. The Morgan fingerprint density at radius 1 is 1.00 bits per heavy atom. The molecule has 1 atom stereocenters. The Morgan fingerprint density at radius 3 is 2.66 bits per heavy atom. The van der Waals surface area contributed by atoms with Crippen molar-refractivity contribution >= 4 is 11.6 Å². The second-order valence-electron chi connectivity index (χ2n) is 7.53. The molecule has 0 aliphatic carbocycles. The zero-order chi connectivity index (χ0) is 22.2. The van der Waals surface area contributed by atoms with E-state index in [0.717, 1.165) is 23.4 Å². The lowest BCUT2D eigenvalue weighted by Crippen LogP contribution is -2.26. The number of amides is 1. The van der Waals surface area contributed by atoms with E-state index in [0.29, 0.717) is 31.3 Å². The molecule has 166 valence electrons. The maximum Gasteiger partial charge on any atom is 0.262 e. The van der Waals surface area contributed by atoms with Crippen LogP contribution in [0.5, 0.6) is 17.2 Å². The molecule has 0 saturated heterocycles. The molecule has 1 heterocycles. The Labute approximate surface area is 188 Å². The van der Waals surface area contributed by atoms with Crippen LogP contribution < -0.4 is 24.8 Å². The monoisotopic (exact) mass is 432 g/mol. The van der Waals surface area contributed by atoms with E-state index in [1.54, 1.807) is 0 Å². The van der Waals surface area contributed by atoms with Crippen molar-refractivity contribution in [3.63, 3.8) is 0 Å². The number of anilines is 1. The molecule has 1 aliphatic heterocycles. The van der Waals surface area contributed by atoms with Crippen LogP contribution in [-0.4, -0.2) is 25.7 Å². The first-order valence-electron chi connectivity index (χ1n) is 10.9. The van der Waals surface area contributed by atoms with Gasteiger partial charge in [-0.05, 0) is 42.8 Å². The van der Waals surface area contributed by atoms with Gasteiger partial charge in [0.1, 0.15) is 5.75 Å². The Hall–Kier alpha value is -3.51. The molecule has 0 bridgehead atoms.